The fourth-order valence-corrected chi connectivity index (χ4v) is 1.99. The first-order valence-electron chi connectivity index (χ1n) is 6.69. The summed E-state index contributed by atoms with van der Waals surface area (Å²) < 4.78 is 0. The van der Waals surface area contributed by atoms with Gasteiger partial charge in [0.25, 0.3) is 0 Å². The van der Waals surface area contributed by atoms with Crippen molar-refractivity contribution >= 4 is 11.7 Å². The van der Waals surface area contributed by atoms with Crippen molar-refractivity contribution in [1.29, 1.82) is 0 Å². The molecule has 1 atom stereocenters. The molecule has 0 aromatic heterocycles. The minimum Gasteiger partial charge on any atom is -0.480 e. The number of carboxylic acid groups (broad SMARTS) is 1. The van der Waals surface area contributed by atoms with Crippen molar-refractivity contribution in [1.82, 2.24) is 0 Å². The van der Waals surface area contributed by atoms with Gasteiger partial charge in [-0.25, -0.2) is 0 Å². The van der Waals surface area contributed by atoms with Crippen molar-refractivity contribution in [2.24, 2.45) is 5.73 Å². The molecule has 0 heterocycles. The second-order valence-corrected chi connectivity index (χ2v) is 5.18. The summed E-state index contributed by atoms with van der Waals surface area (Å²) in [6.45, 7) is 4.67. The van der Waals surface area contributed by atoms with E-state index in [1.54, 1.807) is 0 Å². The molecule has 1 unspecified atom stereocenters. The number of aryl methyl sites for hydroxylation is 1. The number of hydrogen-bond acceptors (Lipinski definition) is 3. The molecule has 0 saturated carbocycles. The molecular weight excluding hydrogens is 240 g/mol. The average molecular weight is 264 g/mol. The van der Waals surface area contributed by atoms with E-state index in [0.29, 0.717) is 12.8 Å². The molecule has 0 radical (unpaired) electrons. The van der Waals surface area contributed by atoms with E-state index >= 15 is 0 Å². The van der Waals surface area contributed by atoms with Gasteiger partial charge in [0, 0.05) is 19.3 Å². The topological polar surface area (TPSA) is 66.6 Å². The predicted molar refractivity (Wildman–Crippen MR) is 78.5 cm³/mol. The zero-order chi connectivity index (χ0) is 14.5. The first-order chi connectivity index (χ1) is 8.89. The Balaban J connectivity index is 2.49. The first-order valence-corrected chi connectivity index (χ1v) is 6.69. The van der Waals surface area contributed by atoms with Crippen LogP contribution in [0.3, 0.4) is 0 Å². The van der Waals surface area contributed by atoms with E-state index in [9.17, 15) is 4.79 Å². The summed E-state index contributed by atoms with van der Waals surface area (Å²) >= 11 is 0. The highest BCUT2D eigenvalue weighted by atomic mass is 16.4. The third-order valence-corrected chi connectivity index (χ3v) is 3.65. The van der Waals surface area contributed by atoms with Gasteiger partial charge < -0.3 is 15.7 Å². The lowest BCUT2D eigenvalue weighted by Gasteiger charge is -2.25. The van der Waals surface area contributed by atoms with Gasteiger partial charge in [-0.05, 0) is 38.3 Å². The average Bonchev–Trinajstić information content (AvgIpc) is 2.38. The predicted octanol–water partition coefficient (Wildman–Crippen LogP) is 2.40. The fraction of sp³-hybridized carbons (Fsp3) is 0.533. The van der Waals surface area contributed by atoms with E-state index in [2.05, 4.69) is 36.1 Å². The summed E-state index contributed by atoms with van der Waals surface area (Å²) in [6.07, 6.45) is 1.71. The lowest BCUT2D eigenvalue weighted by Crippen LogP contribution is -2.47. The second-order valence-electron chi connectivity index (χ2n) is 5.18. The number of rotatable bonds is 7. The van der Waals surface area contributed by atoms with Gasteiger partial charge in [-0.3, -0.25) is 4.79 Å². The van der Waals surface area contributed by atoms with Crippen molar-refractivity contribution < 1.29 is 9.90 Å². The minimum atomic E-state index is -1.09. The maximum absolute atomic E-state index is 11.1. The molecule has 0 aliphatic carbocycles. The third-order valence-electron chi connectivity index (χ3n) is 3.65. The summed E-state index contributed by atoms with van der Waals surface area (Å²) in [5.74, 6) is -0.909. The zero-order valence-corrected chi connectivity index (χ0v) is 12.0. The van der Waals surface area contributed by atoms with Crippen LogP contribution in [-0.4, -0.2) is 30.2 Å². The highest BCUT2D eigenvalue weighted by Crippen LogP contribution is 2.17. The largest absolute Gasteiger partial charge is 0.480 e. The molecule has 0 bridgehead atoms. The standard InChI is InChI=1S/C15H24N2O2/c1-4-15(16,14(18)19)10-5-11-17(3)13-8-6-12(2)7-9-13/h6-9H,4-5,10-11,16H2,1-3H3,(H,18,19). The maximum Gasteiger partial charge on any atom is 0.323 e. The van der Waals surface area contributed by atoms with Crippen LogP contribution in [0.25, 0.3) is 0 Å². The van der Waals surface area contributed by atoms with Crippen LogP contribution in [0.4, 0.5) is 5.69 Å². The molecule has 0 amide bonds. The number of benzene rings is 1. The number of nitrogens with zero attached hydrogens (tertiary/aromatic N) is 1. The molecule has 1 aromatic rings. The molecule has 106 valence electrons. The van der Waals surface area contributed by atoms with Crippen LogP contribution in [0.2, 0.25) is 0 Å². The van der Waals surface area contributed by atoms with E-state index in [-0.39, 0.29) is 0 Å². The van der Waals surface area contributed by atoms with E-state index in [0.717, 1.165) is 18.7 Å². The van der Waals surface area contributed by atoms with Crippen LogP contribution in [0.15, 0.2) is 24.3 Å². The zero-order valence-electron chi connectivity index (χ0n) is 12.0. The number of nitrogens with two attached hydrogens (primary N) is 1. The molecule has 0 spiro atoms. The van der Waals surface area contributed by atoms with Gasteiger partial charge in [0.15, 0.2) is 0 Å². The molecule has 0 aliphatic rings. The van der Waals surface area contributed by atoms with Crippen LogP contribution in [-0.2, 0) is 4.79 Å². The van der Waals surface area contributed by atoms with Gasteiger partial charge in [-0.2, -0.15) is 0 Å². The summed E-state index contributed by atoms with van der Waals surface area (Å²) in [7, 11) is 2.01. The number of carboxylic acids is 1. The Hall–Kier alpha value is -1.55. The van der Waals surface area contributed by atoms with Gasteiger partial charge in [0.2, 0.25) is 0 Å². The van der Waals surface area contributed by atoms with Gasteiger partial charge in [-0.15, -0.1) is 0 Å². The van der Waals surface area contributed by atoms with E-state index in [1.807, 2.05) is 14.0 Å². The van der Waals surface area contributed by atoms with Crippen LogP contribution in [0.5, 0.6) is 0 Å². The van der Waals surface area contributed by atoms with Crippen LogP contribution >= 0.6 is 0 Å². The molecule has 3 N–H and O–H groups in total. The normalized spacial score (nSPS) is 13.9. The molecule has 0 fully saturated rings. The number of hydrogen-bond donors (Lipinski definition) is 2. The van der Waals surface area contributed by atoms with Gasteiger partial charge >= 0.3 is 5.97 Å². The Labute approximate surface area is 115 Å². The van der Waals surface area contributed by atoms with Gasteiger partial charge in [0.05, 0.1) is 0 Å². The third kappa shape index (κ3) is 4.24. The molecule has 4 nitrogen and oxygen atoms in total. The maximum atomic E-state index is 11.1. The quantitative estimate of drug-likeness (QED) is 0.793. The molecule has 1 aromatic carbocycles. The monoisotopic (exact) mass is 264 g/mol. The first kappa shape index (κ1) is 15.5. The van der Waals surface area contributed by atoms with Crippen LogP contribution < -0.4 is 10.6 Å². The summed E-state index contributed by atoms with van der Waals surface area (Å²) in [5, 5.41) is 9.11. The molecule has 4 heteroatoms. The van der Waals surface area contributed by atoms with Crippen molar-refractivity contribution in [2.45, 2.75) is 38.6 Å². The highest BCUT2D eigenvalue weighted by Gasteiger charge is 2.31. The SMILES string of the molecule is CCC(N)(CCCN(C)c1ccc(C)cc1)C(=O)O. The lowest BCUT2D eigenvalue weighted by molar-refractivity contribution is -0.143. The number of aliphatic carboxylic acids is 1. The van der Waals surface area contributed by atoms with Crippen molar-refractivity contribution in [2.75, 3.05) is 18.5 Å². The summed E-state index contributed by atoms with van der Waals surface area (Å²) in [6, 6.07) is 8.29. The van der Waals surface area contributed by atoms with E-state index < -0.39 is 11.5 Å². The highest BCUT2D eigenvalue weighted by molar-refractivity contribution is 5.78. The molecule has 19 heavy (non-hydrogen) atoms. The number of anilines is 1. The molecule has 0 saturated heterocycles. The van der Waals surface area contributed by atoms with E-state index in [1.165, 1.54) is 5.56 Å². The lowest BCUT2D eigenvalue weighted by atomic mass is 9.92. The van der Waals surface area contributed by atoms with Crippen LogP contribution in [0.1, 0.15) is 31.7 Å². The summed E-state index contributed by atoms with van der Waals surface area (Å²) in [5.41, 5.74) is 7.15. The van der Waals surface area contributed by atoms with Crippen molar-refractivity contribution in [3.63, 3.8) is 0 Å². The van der Waals surface area contributed by atoms with Crippen LogP contribution in [0, 0.1) is 6.92 Å². The van der Waals surface area contributed by atoms with E-state index in [4.69, 9.17) is 10.8 Å². The molecule has 0 aliphatic heterocycles. The minimum absolute atomic E-state index is 0.455. The second kappa shape index (κ2) is 6.57. The van der Waals surface area contributed by atoms with Crippen molar-refractivity contribution in [3.8, 4) is 0 Å². The Bertz CT molecular complexity index is 417. The Morgan fingerprint density at radius 2 is 1.95 bits per heavy atom. The Kier molecular flexibility index (Phi) is 5.36. The molecular formula is C15H24N2O2. The smallest absolute Gasteiger partial charge is 0.323 e. The summed E-state index contributed by atoms with van der Waals surface area (Å²) in [4.78, 5) is 13.2. The van der Waals surface area contributed by atoms with Crippen molar-refractivity contribution in [3.05, 3.63) is 29.8 Å². The number of carbonyl (C=O) groups is 1. The van der Waals surface area contributed by atoms with Gasteiger partial charge in [-0.1, -0.05) is 24.6 Å². The fourth-order valence-electron chi connectivity index (χ4n) is 1.99. The Morgan fingerprint density at radius 3 is 2.42 bits per heavy atom. The van der Waals surface area contributed by atoms with Gasteiger partial charge in [0.1, 0.15) is 5.54 Å². The molecule has 1 rings (SSSR count). The Morgan fingerprint density at radius 1 is 1.37 bits per heavy atom.